The van der Waals surface area contributed by atoms with Gasteiger partial charge in [0.15, 0.2) is 0 Å². The zero-order valence-corrected chi connectivity index (χ0v) is 7.93. The summed E-state index contributed by atoms with van der Waals surface area (Å²) in [5.74, 6) is -1.53. The lowest BCUT2D eigenvalue weighted by atomic mass is 10.3. The number of hydrogen-bond donors (Lipinski definition) is 2. The summed E-state index contributed by atoms with van der Waals surface area (Å²) in [6, 6.07) is 0. The van der Waals surface area contributed by atoms with Gasteiger partial charge in [0.1, 0.15) is 0 Å². The van der Waals surface area contributed by atoms with E-state index in [2.05, 4.69) is 9.78 Å². The monoisotopic (exact) mass is 206 g/mol. The molecule has 0 aromatic heterocycles. The number of carbonyl (C=O) groups is 2. The molecule has 0 amide bonds. The maximum absolute atomic E-state index is 10.7. The molecular weight excluding hydrogens is 192 g/mol. The van der Waals surface area contributed by atoms with E-state index in [9.17, 15) is 9.59 Å². The first-order valence-electron chi connectivity index (χ1n) is 4.25. The summed E-state index contributed by atoms with van der Waals surface area (Å²) in [5.41, 5.74) is 0. The molecule has 6 heteroatoms. The van der Waals surface area contributed by atoms with Crippen LogP contribution in [0.5, 0.6) is 0 Å². The van der Waals surface area contributed by atoms with Gasteiger partial charge in [0.2, 0.25) is 0 Å². The molecule has 0 aliphatic heterocycles. The van der Waals surface area contributed by atoms with E-state index in [1.807, 2.05) is 0 Å². The molecule has 6 nitrogen and oxygen atoms in total. The Morgan fingerprint density at radius 3 is 2.36 bits per heavy atom. The highest BCUT2D eigenvalue weighted by atomic mass is 17.2. The van der Waals surface area contributed by atoms with Gasteiger partial charge in [0.05, 0.1) is 18.9 Å². The predicted octanol–water partition coefficient (Wildman–Crippen LogP) is -0.469. The van der Waals surface area contributed by atoms with Crippen molar-refractivity contribution in [2.75, 3.05) is 6.61 Å². The third-order valence-corrected chi connectivity index (χ3v) is 1.23. The van der Waals surface area contributed by atoms with E-state index < -0.39 is 18.0 Å². The Bertz CT molecular complexity index is 188. The molecule has 0 saturated heterocycles. The summed E-state index contributed by atoms with van der Waals surface area (Å²) in [4.78, 5) is 29.6. The smallest absolute Gasteiger partial charge is 0.358 e. The highest BCUT2D eigenvalue weighted by molar-refractivity contribution is 5.73. The van der Waals surface area contributed by atoms with Gasteiger partial charge >= 0.3 is 11.9 Å². The van der Waals surface area contributed by atoms with Crippen molar-refractivity contribution in [2.24, 2.45) is 0 Å². The standard InChI is InChI=1S/C8H14O6/c1-6(10)5-8(12)14-13-7(11)3-2-4-9/h6,9-10H,2-5H2,1H3. The molecule has 0 fully saturated rings. The first-order chi connectivity index (χ1) is 6.56. The minimum absolute atomic E-state index is 0.0154. The van der Waals surface area contributed by atoms with Gasteiger partial charge in [-0.2, -0.15) is 0 Å². The van der Waals surface area contributed by atoms with E-state index in [4.69, 9.17) is 10.2 Å². The van der Waals surface area contributed by atoms with Crippen LogP contribution in [0.25, 0.3) is 0 Å². The zero-order chi connectivity index (χ0) is 11.0. The van der Waals surface area contributed by atoms with Crippen molar-refractivity contribution in [2.45, 2.75) is 32.3 Å². The molecule has 0 spiro atoms. The highest BCUT2D eigenvalue weighted by Crippen LogP contribution is 1.97. The van der Waals surface area contributed by atoms with E-state index in [0.29, 0.717) is 0 Å². The Balaban J connectivity index is 3.51. The molecule has 0 aliphatic rings. The van der Waals surface area contributed by atoms with Gasteiger partial charge in [0.25, 0.3) is 0 Å². The van der Waals surface area contributed by atoms with Crippen molar-refractivity contribution in [1.29, 1.82) is 0 Å². The second kappa shape index (κ2) is 7.28. The third kappa shape index (κ3) is 7.51. The van der Waals surface area contributed by atoms with Crippen molar-refractivity contribution < 1.29 is 29.6 Å². The number of aliphatic hydroxyl groups excluding tert-OH is 2. The van der Waals surface area contributed by atoms with Gasteiger partial charge in [-0.1, -0.05) is 0 Å². The molecule has 0 saturated carbocycles. The fourth-order valence-corrected chi connectivity index (χ4v) is 0.633. The number of hydrogen-bond acceptors (Lipinski definition) is 6. The minimum Gasteiger partial charge on any atom is -0.396 e. The van der Waals surface area contributed by atoms with Crippen molar-refractivity contribution in [3.8, 4) is 0 Å². The molecular formula is C8H14O6. The molecule has 0 aliphatic carbocycles. The fraction of sp³-hybridized carbons (Fsp3) is 0.750. The van der Waals surface area contributed by atoms with Crippen LogP contribution in [0.4, 0.5) is 0 Å². The van der Waals surface area contributed by atoms with Crippen LogP contribution in [0.2, 0.25) is 0 Å². The SMILES string of the molecule is CC(O)CC(=O)OOC(=O)CCCO. The van der Waals surface area contributed by atoms with E-state index in [-0.39, 0.29) is 25.9 Å². The first kappa shape index (κ1) is 12.9. The topological polar surface area (TPSA) is 93.1 Å². The second-order valence-electron chi connectivity index (χ2n) is 2.79. The van der Waals surface area contributed by atoms with Crippen LogP contribution in [-0.4, -0.2) is 34.9 Å². The Labute approximate surface area is 81.4 Å². The molecule has 0 rings (SSSR count). The summed E-state index contributed by atoms with van der Waals surface area (Å²) in [7, 11) is 0. The predicted molar refractivity (Wildman–Crippen MR) is 44.8 cm³/mol. The average Bonchev–Trinajstić information content (AvgIpc) is 2.10. The van der Waals surface area contributed by atoms with Crippen LogP contribution >= 0.6 is 0 Å². The molecule has 1 unspecified atom stereocenters. The lowest BCUT2D eigenvalue weighted by molar-refractivity contribution is -0.260. The summed E-state index contributed by atoms with van der Waals surface area (Å²) >= 11 is 0. The van der Waals surface area contributed by atoms with Gasteiger partial charge < -0.3 is 10.2 Å². The van der Waals surface area contributed by atoms with Crippen LogP contribution in [0, 0.1) is 0 Å². The van der Waals surface area contributed by atoms with E-state index in [1.54, 1.807) is 0 Å². The Morgan fingerprint density at radius 1 is 1.29 bits per heavy atom. The molecule has 0 aromatic carbocycles. The van der Waals surface area contributed by atoms with E-state index in [1.165, 1.54) is 6.92 Å². The number of rotatable bonds is 5. The number of carbonyl (C=O) groups excluding carboxylic acids is 2. The first-order valence-corrected chi connectivity index (χ1v) is 4.25. The lowest BCUT2D eigenvalue weighted by Crippen LogP contribution is -2.15. The van der Waals surface area contributed by atoms with Gasteiger partial charge in [0, 0.05) is 6.61 Å². The van der Waals surface area contributed by atoms with Crippen LogP contribution < -0.4 is 0 Å². The normalized spacial score (nSPS) is 11.9. The maximum Gasteiger partial charge on any atom is 0.358 e. The molecule has 14 heavy (non-hydrogen) atoms. The Morgan fingerprint density at radius 2 is 1.86 bits per heavy atom. The van der Waals surface area contributed by atoms with Crippen molar-refractivity contribution in [1.82, 2.24) is 0 Å². The second-order valence-corrected chi connectivity index (χ2v) is 2.79. The van der Waals surface area contributed by atoms with Crippen LogP contribution in [-0.2, 0) is 19.4 Å². The highest BCUT2D eigenvalue weighted by Gasteiger charge is 2.11. The summed E-state index contributed by atoms with van der Waals surface area (Å²) in [5, 5.41) is 17.1. The Hall–Kier alpha value is -1.14. The molecule has 0 radical (unpaired) electrons. The Kier molecular flexibility index (Phi) is 6.69. The largest absolute Gasteiger partial charge is 0.396 e. The van der Waals surface area contributed by atoms with Crippen molar-refractivity contribution in [3.63, 3.8) is 0 Å². The van der Waals surface area contributed by atoms with E-state index >= 15 is 0 Å². The van der Waals surface area contributed by atoms with Crippen LogP contribution in [0.1, 0.15) is 26.2 Å². The average molecular weight is 206 g/mol. The third-order valence-electron chi connectivity index (χ3n) is 1.23. The zero-order valence-electron chi connectivity index (χ0n) is 7.93. The quantitative estimate of drug-likeness (QED) is 0.466. The molecule has 82 valence electrons. The summed E-state index contributed by atoms with van der Waals surface area (Å²) in [6.45, 7) is 1.28. The van der Waals surface area contributed by atoms with Gasteiger partial charge in [-0.15, -0.1) is 0 Å². The molecule has 0 bridgehead atoms. The molecule has 0 aromatic rings. The van der Waals surface area contributed by atoms with Crippen molar-refractivity contribution in [3.05, 3.63) is 0 Å². The molecule has 2 N–H and O–H groups in total. The summed E-state index contributed by atoms with van der Waals surface area (Å²) in [6.07, 6.45) is -0.822. The maximum atomic E-state index is 10.7. The van der Waals surface area contributed by atoms with Crippen LogP contribution in [0.15, 0.2) is 0 Å². The number of aliphatic hydroxyl groups is 2. The van der Waals surface area contributed by atoms with Gasteiger partial charge in [-0.25, -0.2) is 19.4 Å². The van der Waals surface area contributed by atoms with Gasteiger partial charge in [-0.3, -0.25) is 0 Å². The molecule has 1 atom stereocenters. The lowest BCUT2D eigenvalue weighted by Gasteiger charge is -2.03. The van der Waals surface area contributed by atoms with E-state index in [0.717, 1.165) is 0 Å². The summed E-state index contributed by atoms with van der Waals surface area (Å²) < 4.78 is 0. The van der Waals surface area contributed by atoms with Crippen LogP contribution in [0.3, 0.4) is 0 Å². The minimum atomic E-state index is -0.835. The van der Waals surface area contributed by atoms with Crippen molar-refractivity contribution >= 4 is 11.9 Å². The fourth-order valence-electron chi connectivity index (χ4n) is 0.633. The molecule has 0 heterocycles. The van der Waals surface area contributed by atoms with Gasteiger partial charge in [-0.05, 0) is 13.3 Å².